The van der Waals surface area contributed by atoms with Gasteiger partial charge in [0.1, 0.15) is 5.82 Å². The van der Waals surface area contributed by atoms with Gasteiger partial charge in [0.25, 0.3) is 0 Å². The van der Waals surface area contributed by atoms with Gasteiger partial charge in [-0.1, -0.05) is 35.9 Å². The summed E-state index contributed by atoms with van der Waals surface area (Å²) in [6.45, 7) is 9.72. The van der Waals surface area contributed by atoms with E-state index in [9.17, 15) is 0 Å². The lowest BCUT2D eigenvalue weighted by molar-refractivity contribution is 0.859. The highest BCUT2D eigenvalue weighted by atomic mass is 15.2. The second kappa shape index (κ2) is 10.6. The molecule has 162 valence electrons. The Bertz CT molecular complexity index is 1010. The smallest absolute Gasteiger partial charge is 0.225 e. The molecule has 3 rings (SSSR count). The first-order valence-corrected chi connectivity index (χ1v) is 10.6. The highest BCUT2D eigenvalue weighted by molar-refractivity contribution is 5.70. The van der Waals surface area contributed by atoms with E-state index in [0.717, 1.165) is 29.3 Å². The minimum atomic E-state index is 0.1000. The molecule has 6 nitrogen and oxygen atoms in total. The molecule has 0 bridgehead atoms. The predicted molar refractivity (Wildman–Crippen MR) is 131 cm³/mol. The normalized spacial score (nSPS) is 11.5. The number of nitrogens with zero attached hydrogens (tertiary/aromatic N) is 3. The van der Waals surface area contributed by atoms with Gasteiger partial charge in [0, 0.05) is 31.2 Å². The first-order chi connectivity index (χ1) is 15.0. The first kappa shape index (κ1) is 22.3. The zero-order valence-corrected chi connectivity index (χ0v) is 18.8. The molecule has 0 unspecified atom stereocenters. The molecule has 1 aromatic heterocycles. The van der Waals surface area contributed by atoms with Crippen LogP contribution in [0.5, 0.6) is 0 Å². The second-order valence-electron chi connectivity index (χ2n) is 7.81. The molecule has 1 heterocycles. The third kappa shape index (κ3) is 6.06. The zero-order valence-electron chi connectivity index (χ0n) is 18.8. The number of allylic oxidation sites excluding steroid dienone is 1. The van der Waals surface area contributed by atoms with E-state index >= 15 is 0 Å². The van der Waals surface area contributed by atoms with Crippen LogP contribution in [0.25, 0.3) is 0 Å². The Morgan fingerprint density at radius 2 is 1.90 bits per heavy atom. The number of hydrogen-bond acceptors (Lipinski definition) is 6. The predicted octanol–water partition coefficient (Wildman–Crippen LogP) is 5.39. The Morgan fingerprint density at radius 3 is 2.58 bits per heavy atom. The van der Waals surface area contributed by atoms with Crippen molar-refractivity contribution in [3.63, 3.8) is 0 Å². The maximum Gasteiger partial charge on any atom is 0.225 e. The van der Waals surface area contributed by atoms with Gasteiger partial charge in [-0.15, -0.1) is 0 Å². The van der Waals surface area contributed by atoms with Crippen LogP contribution < -0.4 is 21.3 Å². The third-order valence-corrected chi connectivity index (χ3v) is 4.85. The number of rotatable bonds is 9. The second-order valence-corrected chi connectivity index (χ2v) is 7.81. The molecule has 0 saturated carbocycles. The summed E-state index contributed by atoms with van der Waals surface area (Å²) in [7, 11) is 0. The topological polar surface area (TPSA) is 79.1 Å². The number of aromatic nitrogens is 2. The Labute approximate surface area is 185 Å². The van der Waals surface area contributed by atoms with Gasteiger partial charge in [0.05, 0.1) is 11.7 Å². The van der Waals surface area contributed by atoms with Crippen LogP contribution in [-0.4, -0.2) is 23.1 Å². The van der Waals surface area contributed by atoms with E-state index in [-0.39, 0.29) is 6.04 Å². The Balaban J connectivity index is 1.90. The van der Waals surface area contributed by atoms with Gasteiger partial charge < -0.3 is 21.3 Å². The standard InChI is InChI=1S/C25H32N6/c1-18(2)17-31(23-11-10-22(16-19(23)3)27-15-13-26)24-12-14-28-25(30-24)29-20(4)21-8-6-5-7-9-21/h5-12,14,16-17,20,27H,13,15,26H2,1-4H3,(H,28,29,30)/t20-/m0/s1. The number of anilines is 4. The fourth-order valence-corrected chi connectivity index (χ4v) is 3.34. The van der Waals surface area contributed by atoms with Crippen LogP contribution in [0.2, 0.25) is 0 Å². The van der Waals surface area contributed by atoms with Crippen molar-refractivity contribution in [3.05, 3.63) is 83.7 Å². The van der Waals surface area contributed by atoms with Crippen molar-refractivity contribution in [1.29, 1.82) is 0 Å². The largest absolute Gasteiger partial charge is 0.384 e. The van der Waals surface area contributed by atoms with Crippen molar-refractivity contribution in [3.8, 4) is 0 Å². The van der Waals surface area contributed by atoms with Gasteiger partial charge in [0.2, 0.25) is 5.95 Å². The molecule has 0 aliphatic heterocycles. The van der Waals surface area contributed by atoms with Gasteiger partial charge in [-0.2, -0.15) is 4.98 Å². The van der Waals surface area contributed by atoms with Crippen molar-refractivity contribution < 1.29 is 0 Å². The van der Waals surface area contributed by atoms with Crippen molar-refractivity contribution in [2.24, 2.45) is 5.73 Å². The number of nitrogens with two attached hydrogens (primary N) is 1. The molecule has 6 heteroatoms. The Kier molecular flexibility index (Phi) is 7.62. The van der Waals surface area contributed by atoms with Crippen molar-refractivity contribution in [2.75, 3.05) is 28.6 Å². The molecule has 0 aliphatic rings. The molecular formula is C25H32N6. The van der Waals surface area contributed by atoms with Gasteiger partial charge in [-0.05, 0) is 63.1 Å². The van der Waals surface area contributed by atoms with E-state index in [2.05, 4.69) is 84.7 Å². The summed E-state index contributed by atoms with van der Waals surface area (Å²) in [6.07, 6.45) is 3.89. The van der Waals surface area contributed by atoms with E-state index in [1.54, 1.807) is 6.20 Å². The molecule has 0 fully saturated rings. The van der Waals surface area contributed by atoms with Gasteiger partial charge in [-0.3, -0.25) is 0 Å². The molecule has 0 radical (unpaired) electrons. The highest BCUT2D eigenvalue weighted by Crippen LogP contribution is 2.31. The Hall–Kier alpha value is -3.38. The van der Waals surface area contributed by atoms with Crippen LogP contribution in [0, 0.1) is 6.92 Å². The van der Waals surface area contributed by atoms with Crippen molar-refractivity contribution in [2.45, 2.75) is 33.7 Å². The van der Waals surface area contributed by atoms with Crippen molar-refractivity contribution >= 4 is 23.1 Å². The molecule has 0 saturated heterocycles. The minimum absolute atomic E-state index is 0.1000. The van der Waals surface area contributed by atoms with E-state index in [0.29, 0.717) is 12.5 Å². The fraction of sp³-hybridized carbons (Fsp3) is 0.280. The summed E-state index contributed by atoms with van der Waals surface area (Å²) in [5.41, 5.74) is 11.2. The average Bonchev–Trinajstić information content (AvgIpc) is 2.77. The molecule has 1 atom stereocenters. The molecule has 2 aromatic carbocycles. The summed E-state index contributed by atoms with van der Waals surface area (Å²) in [6, 6.07) is 18.6. The van der Waals surface area contributed by atoms with Crippen LogP contribution in [0.3, 0.4) is 0 Å². The van der Waals surface area contributed by atoms with Crippen molar-refractivity contribution in [1.82, 2.24) is 9.97 Å². The van der Waals surface area contributed by atoms with Crippen LogP contribution in [0.1, 0.15) is 37.9 Å². The SMILES string of the molecule is CC(C)=CN(c1ccnc(N[C@@H](C)c2ccccc2)n1)c1ccc(NCCN)cc1C. The zero-order chi connectivity index (χ0) is 22.2. The van der Waals surface area contributed by atoms with Crippen LogP contribution in [0.4, 0.5) is 23.1 Å². The summed E-state index contributed by atoms with van der Waals surface area (Å²) in [5, 5.41) is 6.75. The van der Waals surface area contributed by atoms with Crippen LogP contribution in [-0.2, 0) is 0 Å². The molecule has 31 heavy (non-hydrogen) atoms. The fourth-order valence-electron chi connectivity index (χ4n) is 3.34. The molecule has 0 amide bonds. The van der Waals surface area contributed by atoms with E-state index in [1.165, 1.54) is 11.1 Å². The first-order valence-electron chi connectivity index (χ1n) is 10.6. The number of hydrogen-bond donors (Lipinski definition) is 3. The molecule has 0 spiro atoms. The van der Waals surface area contributed by atoms with E-state index in [1.807, 2.05) is 24.3 Å². The number of aryl methyl sites for hydroxylation is 1. The lowest BCUT2D eigenvalue weighted by Gasteiger charge is -2.24. The maximum absolute atomic E-state index is 5.61. The average molecular weight is 417 g/mol. The van der Waals surface area contributed by atoms with Gasteiger partial charge in [-0.25, -0.2) is 4.98 Å². The highest BCUT2D eigenvalue weighted by Gasteiger charge is 2.14. The summed E-state index contributed by atoms with van der Waals surface area (Å²) in [5.74, 6) is 1.41. The lowest BCUT2D eigenvalue weighted by atomic mass is 10.1. The monoisotopic (exact) mass is 416 g/mol. The Morgan fingerprint density at radius 1 is 1.13 bits per heavy atom. The molecule has 4 N–H and O–H groups in total. The molecular weight excluding hydrogens is 384 g/mol. The number of benzene rings is 2. The van der Waals surface area contributed by atoms with Crippen LogP contribution >= 0.6 is 0 Å². The molecule has 0 aliphatic carbocycles. The maximum atomic E-state index is 5.61. The number of nitrogens with one attached hydrogen (secondary N) is 2. The van der Waals surface area contributed by atoms with Crippen LogP contribution in [0.15, 0.2) is 72.6 Å². The van der Waals surface area contributed by atoms with E-state index in [4.69, 9.17) is 10.7 Å². The summed E-state index contributed by atoms with van der Waals surface area (Å²) >= 11 is 0. The summed E-state index contributed by atoms with van der Waals surface area (Å²) < 4.78 is 0. The van der Waals surface area contributed by atoms with Gasteiger partial charge >= 0.3 is 0 Å². The minimum Gasteiger partial charge on any atom is -0.384 e. The molecule has 3 aromatic rings. The third-order valence-electron chi connectivity index (χ3n) is 4.85. The van der Waals surface area contributed by atoms with E-state index < -0.39 is 0 Å². The van der Waals surface area contributed by atoms with Gasteiger partial charge in [0.15, 0.2) is 0 Å². The lowest BCUT2D eigenvalue weighted by Crippen LogP contribution is -2.16. The summed E-state index contributed by atoms with van der Waals surface area (Å²) in [4.78, 5) is 11.4. The quantitative estimate of drug-likeness (QED) is 0.434.